The van der Waals surface area contributed by atoms with E-state index in [-0.39, 0.29) is 13.2 Å². The number of carbonyl (C=O) groups excluding carboxylic acids is 1. The zero-order valence-electron chi connectivity index (χ0n) is 13.8. The molecule has 4 nitrogen and oxygen atoms in total. The van der Waals surface area contributed by atoms with Crippen molar-refractivity contribution >= 4 is 6.47 Å². The highest BCUT2D eigenvalue weighted by Crippen LogP contribution is 2.12. The predicted molar refractivity (Wildman–Crippen MR) is 92.3 cm³/mol. The molecule has 0 unspecified atom stereocenters. The summed E-state index contributed by atoms with van der Waals surface area (Å²) in [5, 5.41) is 0. The Hall–Kier alpha value is -2.50. The summed E-state index contributed by atoms with van der Waals surface area (Å²) in [6, 6.07) is 19.1. The van der Waals surface area contributed by atoms with Crippen LogP contribution in [0.3, 0.4) is 0 Å². The fourth-order valence-electron chi connectivity index (χ4n) is 2.28. The van der Waals surface area contributed by atoms with Crippen LogP contribution in [0.15, 0.2) is 73.1 Å². The summed E-state index contributed by atoms with van der Waals surface area (Å²) >= 11 is 0. The van der Waals surface area contributed by atoms with Crippen LogP contribution in [0.1, 0.15) is 11.1 Å². The normalized spacial score (nSPS) is 13.5. The molecule has 0 heterocycles. The Morgan fingerprint density at radius 3 is 2.08 bits per heavy atom. The van der Waals surface area contributed by atoms with Crippen molar-refractivity contribution in [2.24, 2.45) is 0 Å². The molecule has 2 rings (SSSR count). The molecule has 2 aromatic carbocycles. The van der Waals surface area contributed by atoms with Crippen molar-refractivity contribution < 1.29 is 23.4 Å². The third-order valence-corrected chi connectivity index (χ3v) is 3.54. The van der Waals surface area contributed by atoms with E-state index in [0.29, 0.717) is 19.4 Å². The molecular formula is C20H21FO4. The van der Waals surface area contributed by atoms with Gasteiger partial charge >= 0.3 is 0 Å². The Morgan fingerprint density at radius 2 is 1.52 bits per heavy atom. The minimum atomic E-state index is -0.744. The second-order valence-electron chi connectivity index (χ2n) is 5.35. The van der Waals surface area contributed by atoms with Crippen LogP contribution in [0.4, 0.5) is 4.39 Å². The molecule has 5 heteroatoms. The van der Waals surface area contributed by atoms with Crippen LogP contribution in [-0.2, 0) is 32.2 Å². The van der Waals surface area contributed by atoms with Crippen molar-refractivity contribution in [1.29, 1.82) is 0 Å². The van der Waals surface area contributed by atoms with E-state index in [0.717, 1.165) is 11.1 Å². The predicted octanol–water partition coefficient (Wildman–Crippen LogP) is 3.81. The zero-order valence-corrected chi connectivity index (χ0v) is 13.8. The lowest BCUT2D eigenvalue weighted by Crippen LogP contribution is -2.34. The first kappa shape index (κ1) is 18.8. The van der Waals surface area contributed by atoms with Crippen LogP contribution < -0.4 is 0 Å². The largest absolute Gasteiger partial charge is 0.459 e. The average molecular weight is 344 g/mol. The van der Waals surface area contributed by atoms with Gasteiger partial charge in [-0.05, 0) is 17.2 Å². The van der Waals surface area contributed by atoms with Crippen LogP contribution in [-0.4, -0.2) is 25.3 Å². The molecule has 0 spiro atoms. The van der Waals surface area contributed by atoms with Gasteiger partial charge in [0.2, 0.25) is 0 Å². The Morgan fingerprint density at radius 1 is 0.920 bits per heavy atom. The molecule has 2 atom stereocenters. The minimum absolute atomic E-state index is 0.0947. The summed E-state index contributed by atoms with van der Waals surface area (Å²) in [5.41, 5.74) is 1.94. The first-order valence-corrected chi connectivity index (χ1v) is 7.96. The lowest BCUT2D eigenvalue weighted by Gasteiger charge is -2.23. The standard InChI is InChI=1S/C20H21FO4/c21-12-11-19(24-14-18-9-5-2-6-10-18)20(25-16-22)15-23-13-17-7-3-1-4-8-17/h1-12,16,19-20H,13-15H2/b12-11-/t19-,20+/m0/s1. The Bertz CT molecular complexity index is 631. The molecule has 0 radical (unpaired) electrons. The number of ether oxygens (including phenoxy) is 3. The van der Waals surface area contributed by atoms with Gasteiger partial charge in [-0.25, -0.2) is 4.39 Å². The highest BCUT2D eigenvalue weighted by Gasteiger charge is 2.22. The van der Waals surface area contributed by atoms with E-state index in [1.807, 2.05) is 60.7 Å². The summed E-state index contributed by atoms with van der Waals surface area (Å²) in [6.07, 6.45) is 0.111. The number of halogens is 1. The SMILES string of the molecule is O=CO[C@H](COCc1ccccc1)[C@H](/C=C\F)OCc1ccccc1. The number of carbonyl (C=O) groups is 1. The monoisotopic (exact) mass is 344 g/mol. The number of hydrogen-bond acceptors (Lipinski definition) is 4. The fourth-order valence-corrected chi connectivity index (χ4v) is 2.28. The van der Waals surface area contributed by atoms with Crippen molar-refractivity contribution in [2.75, 3.05) is 6.61 Å². The van der Waals surface area contributed by atoms with Crippen molar-refractivity contribution in [3.8, 4) is 0 Å². The molecule has 0 saturated heterocycles. The van der Waals surface area contributed by atoms with Gasteiger partial charge in [-0.1, -0.05) is 60.7 Å². The molecule has 132 valence electrons. The second kappa shape index (κ2) is 11.1. The topological polar surface area (TPSA) is 44.8 Å². The van der Waals surface area contributed by atoms with Crippen molar-refractivity contribution in [3.63, 3.8) is 0 Å². The van der Waals surface area contributed by atoms with E-state index in [9.17, 15) is 9.18 Å². The van der Waals surface area contributed by atoms with Crippen LogP contribution in [0.2, 0.25) is 0 Å². The van der Waals surface area contributed by atoms with E-state index in [1.165, 1.54) is 6.08 Å². The number of rotatable bonds is 11. The first-order chi connectivity index (χ1) is 12.3. The molecule has 0 fully saturated rings. The Balaban J connectivity index is 1.91. The first-order valence-electron chi connectivity index (χ1n) is 7.96. The van der Waals surface area contributed by atoms with E-state index >= 15 is 0 Å². The molecule has 25 heavy (non-hydrogen) atoms. The van der Waals surface area contributed by atoms with Gasteiger partial charge in [0.15, 0.2) is 6.10 Å². The third-order valence-electron chi connectivity index (χ3n) is 3.54. The van der Waals surface area contributed by atoms with Crippen molar-refractivity contribution in [2.45, 2.75) is 25.4 Å². The molecule has 0 aliphatic carbocycles. The van der Waals surface area contributed by atoms with E-state index in [4.69, 9.17) is 14.2 Å². The van der Waals surface area contributed by atoms with E-state index < -0.39 is 12.2 Å². The van der Waals surface area contributed by atoms with Crippen molar-refractivity contribution in [1.82, 2.24) is 0 Å². The summed E-state index contributed by atoms with van der Waals surface area (Å²) in [7, 11) is 0. The summed E-state index contributed by atoms with van der Waals surface area (Å²) in [4.78, 5) is 10.8. The molecule has 0 aliphatic heterocycles. The Kier molecular flexibility index (Phi) is 8.38. The van der Waals surface area contributed by atoms with Gasteiger partial charge < -0.3 is 14.2 Å². The fraction of sp³-hybridized carbons (Fsp3) is 0.250. The van der Waals surface area contributed by atoms with E-state index in [2.05, 4.69) is 0 Å². The maximum Gasteiger partial charge on any atom is 0.293 e. The smallest absolute Gasteiger partial charge is 0.293 e. The van der Waals surface area contributed by atoms with Gasteiger partial charge in [-0.15, -0.1) is 0 Å². The molecule has 2 aromatic rings. The lowest BCUT2D eigenvalue weighted by atomic mass is 10.2. The van der Waals surface area contributed by atoms with Gasteiger partial charge in [0, 0.05) is 0 Å². The number of benzene rings is 2. The molecular weight excluding hydrogens is 323 g/mol. The van der Waals surface area contributed by atoms with Crippen molar-refractivity contribution in [3.05, 3.63) is 84.2 Å². The molecule has 0 amide bonds. The van der Waals surface area contributed by atoms with Gasteiger partial charge in [0.25, 0.3) is 6.47 Å². The zero-order chi connectivity index (χ0) is 17.7. The van der Waals surface area contributed by atoms with Crippen LogP contribution in [0.5, 0.6) is 0 Å². The highest BCUT2D eigenvalue weighted by atomic mass is 19.1. The van der Waals surface area contributed by atoms with Crippen LogP contribution >= 0.6 is 0 Å². The third kappa shape index (κ3) is 6.87. The van der Waals surface area contributed by atoms with E-state index in [1.54, 1.807) is 0 Å². The summed E-state index contributed by atoms with van der Waals surface area (Å²) in [6.45, 7) is 1.05. The Labute approximate surface area is 146 Å². The molecule has 0 bridgehead atoms. The summed E-state index contributed by atoms with van der Waals surface area (Å²) < 4.78 is 29.0. The average Bonchev–Trinajstić information content (AvgIpc) is 2.66. The summed E-state index contributed by atoms with van der Waals surface area (Å²) in [5.74, 6) is 0. The second-order valence-corrected chi connectivity index (χ2v) is 5.35. The molecule has 0 N–H and O–H groups in total. The van der Waals surface area contributed by atoms with Gasteiger partial charge in [0.05, 0.1) is 26.2 Å². The van der Waals surface area contributed by atoms with Gasteiger partial charge in [-0.3, -0.25) is 4.79 Å². The maximum absolute atomic E-state index is 12.7. The molecule has 0 saturated carbocycles. The quantitative estimate of drug-likeness (QED) is 0.582. The maximum atomic E-state index is 12.7. The molecule has 0 aliphatic rings. The highest BCUT2D eigenvalue weighted by molar-refractivity contribution is 5.37. The van der Waals surface area contributed by atoms with Crippen LogP contribution in [0.25, 0.3) is 0 Å². The lowest BCUT2D eigenvalue weighted by molar-refractivity contribution is -0.146. The molecule has 0 aromatic heterocycles. The number of hydrogen-bond donors (Lipinski definition) is 0. The minimum Gasteiger partial charge on any atom is -0.459 e. The van der Waals surface area contributed by atoms with Gasteiger partial charge in [0.1, 0.15) is 6.10 Å². The van der Waals surface area contributed by atoms with Gasteiger partial charge in [-0.2, -0.15) is 0 Å². The van der Waals surface area contributed by atoms with Crippen LogP contribution in [0, 0.1) is 0 Å².